The van der Waals surface area contributed by atoms with E-state index in [1.807, 2.05) is 44.2 Å². The molecule has 7 nitrogen and oxygen atoms in total. The summed E-state index contributed by atoms with van der Waals surface area (Å²) >= 11 is 1.50. The lowest BCUT2D eigenvalue weighted by molar-refractivity contribution is -0.147. The van der Waals surface area contributed by atoms with E-state index in [0.717, 1.165) is 5.56 Å². The number of aliphatic hydroxyl groups is 1. The summed E-state index contributed by atoms with van der Waals surface area (Å²) in [6.45, 7) is 4.07. The summed E-state index contributed by atoms with van der Waals surface area (Å²) in [6, 6.07) is 11.5. The maximum atomic E-state index is 13.0. The molecule has 1 saturated heterocycles. The van der Waals surface area contributed by atoms with Gasteiger partial charge in [0.2, 0.25) is 5.91 Å². The molecule has 0 unspecified atom stereocenters. The average Bonchev–Trinajstić information content (AvgIpc) is 3.33. The van der Waals surface area contributed by atoms with Gasteiger partial charge in [0.15, 0.2) is 0 Å². The molecule has 2 heterocycles. The number of hydrogen-bond acceptors (Lipinski definition) is 6. The van der Waals surface area contributed by atoms with E-state index in [-0.39, 0.29) is 12.5 Å². The molecule has 0 bridgehead atoms. The molecule has 1 aromatic carbocycles. The van der Waals surface area contributed by atoms with Gasteiger partial charge in [0, 0.05) is 10.8 Å². The SMILES string of the molecule is CC1(C)SCN(C(=O)[C@@H](O)[C@@H](N)Cc2ccccc2)[C@@H]1C(=O)NCc1ccco1. The number of furan rings is 1. The number of aliphatic hydroxyl groups excluding tert-OH is 1. The van der Waals surface area contributed by atoms with Crippen molar-refractivity contribution in [2.45, 2.75) is 49.7 Å². The molecule has 0 spiro atoms. The van der Waals surface area contributed by atoms with Crippen LogP contribution < -0.4 is 11.1 Å². The van der Waals surface area contributed by atoms with Crippen molar-refractivity contribution in [3.05, 3.63) is 60.1 Å². The number of nitrogens with one attached hydrogen (secondary N) is 1. The summed E-state index contributed by atoms with van der Waals surface area (Å²) in [5.41, 5.74) is 7.05. The first-order valence-corrected chi connectivity index (χ1v) is 10.5. The van der Waals surface area contributed by atoms with Gasteiger partial charge in [-0.15, -0.1) is 11.8 Å². The number of carbonyl (C=O) groups is 2. The van der Waals surface area contributed by atoms with Crippen LogP contribution in [0.2, 0.25) is 0 Å². The summed E-state index contributed by atoms with van der Waals surface area (Å²) in [6.07, 6.45) is 0.523. The van der Waals surface area contributed by atoms with Gasteiger partial charge in [-0.05, 0) is 38.0 Å². The number of nitrogens with zero attached hydrogens (tertiary/aromatic N) is 1. The normalized spacial score (nSPS) is 20.3. The fourth-order valence-corrected chi connectivity index (χ4v) is 4.59. The first-order valence-electron chi connectivity index (χ1n) is 9.51. The Bertz CT molecular complexity index is 826. The number of amides is 2. The average molecular weight is 418 g/mol. The van der Waals surface area contributed by atoms with Gasteiger partial charge in [0.1, 0.15) is 17.9 Å². The van der Waals surface area contributed by atoms with Crippen LogP contribution in [0.15, 0.2) is 53.1 Å². The molecule has 1 aliphatic rings. The molecule has 2 amide bonds. The molecule has 0 saturated carbocycles. The third-order valence-electron chi connectivity index (χ3n) is 5.07. The molecule has 1 fully saturated rings. The zero-order valence-electron chi connectivity index (χ0n) is 16.6. The molecule has 0 aliphatic carbocycles. The standard InChI is InChI=1S/C21H27N3O4S/c1-21(2)18(19(26)23-12-15-9-6-10-28-15)24(13-29-21)20(27)17(25)16(22)11-14-7-4-3-5-8-14/h3-10,16-18,25H,11-13,22H2,1-2H3,(H,23,26)/t16-,17-,18+/m0/s1. The number of carbonyl (C=O) groups excluding carboxylic acids is 2. The quantitative estimate of drug-likeness (QED) is 0.630. The van der Waals surface area contributed by atoms with E-state index in [1.54, 1.807) is 12.1 Å². The molecule has 156 valence electrons. The Morgan fingerprint density at radius 1 is 1.31 bits per heavy atom. The number of nitrogens with two attached hydrogens (primary N) is 1. The molecule has 2 aromatic rings. The minimum Gasteiger partial charge on any atom is -0.467 e. The van der Waals surface area contributed by atoms with E-state index in [1.165, 1.54) is 22.9 Å². The van der Waals surface area contributed by atoms with Gasteiger partial charge in [0.25, 0.3) is 5.91 Å². The highest BCUT2D eigenvalue weighted by atomic mass is 32.2. The topological polar surface area (TPSA) is 109 Å². The minimum atomic E-state index is -1.38. The van der Waals surface area contributed by atoms with Gasteiger partial charge in [-0.2, -0.15) is 0 Å². The highest BCUT2D eigenvalue weighted by Crippen LogP contribution is 2.39. The van der Waals surface area contributed by atoms with Crippen molar-refractivity contribution in [1.82, 2.24) is 10.2 Å². The third kappa shape index (κ3) is 5.01. The van der Waals surface area contributed by atoms with Crippen LogP contribution >= 0.6 is 11.8 Å². The van der Waals surface area contributed by atoms with Crippen molar-refractivity contribution < 1.29 is 19.1 Å². The summed E-state index contributed by atoms with van der Waals surface area (Å²) in [7, 11) is 0. The lowest BCUT2D eigenvalue weighted by atomic mass is 9.97. The van der Waals surface area contributed by atoms with Crippen LogP contribution in [0.5, 0.6) is 0 Å². The first kappa shape index (κ1) is 21.4. The lowest BCUT2D eigenvalue weighted by Crippen LogP contribution is -2.57. The smallest absolute Gasteiger partial charge is 0.254 e. The van der Waals surface area contributed by atoms with Crippen molar-refractivity contribution in [3.8, 4) is 0 Å². The second-order valence-corrected chi connectivity index (χ2v) is 9.28. The van der Waals surface area contributed by atoms with Crippen LogP contribution in [0.4, 0.5) is 0 Å². The Labute approximate surface area is 174 Å². The van der Waals surface area contributed by atoms with Crippen LogP contribution in [-0.2, 0) is 22.6 Å². The molecular weight excluding hydrogens is 390 g/mol. The molecule has 1 aliphatic heterocycles. The van der Waals surface area contributed by atoms with Crippen LogP contribution in [0, 0.1) is 0 Å². The van der Waals surface area contributed by atoms with Gasteiger partial charge in [-0.3, -0.25) is 9.59 Å². The van der Waals surface area contributed by atoms with Crippen molar-refractivity contribution in [3.63, 3.8) is 0 Å². The van der Waals surface area contributed by atoms with E-state index in [0.29, 0.717) is 18.1 Å². The van der Waals surface area contributed by atoms with Gasteiger partial charge < -0.3 is 25.5 Å². The second kappa shape index (κ2) is 9.02. The van der Waals surface area contributed by atoms with Crippen LogP contribution in [-0.4, -0.2) is 50.6 Å². The highest BCUT2D eigenvalue weighted by molar-refractivity contribution is 8.00. The van der Waals surface area contributed by atoms with E-state index < -0.39 is 28.8 Å². The minimum absolute atomic E-state index is 0.237. The Balaban J connectivity index is 1.67. The van der Waals surface area contributed by atoms with Gasteiger partial charge in [-0.25, -0.2) is 0 Å². The van der Waals surface area contributed by atoms with Crippen molar-refractivity contribution >= 4 is 23.6 Å². The summed E-state index contributed by atoms with van der Waals surface area (Å²) < 4.78 is 4.75. The number of benzene rings is 1. The molecule has 3 atom stereocenters. The molecule has 29 heavy (non-hydrogen) atoms. The van der Waals surface area contributed by atoms with E-state index in [2.05, 4.69) is 5.32 Å². The number of thioether (sulfide) groups is 1. The van der Waals surface area contributed by atoms with Crippen LogP contribution in [0.25, 0.3) is 0 Å². The Kier molecular flexibility index (Phi) is 6.66. The number of hydrogen-bond donors (Lipinski definition) is 3. The lowest BCUT2D eigenvalue weighted by Gasteiger charge is -2.32. The maximum Gasteiger partial charge on any atom is 0.254 e. The van der Waals surface area contributed by atoms with Crippen LogP contribution in [0.3, 0.4) is 0 Å². The molecule has 3 rings (SSSR count). The fourth-order valence-electron chi connectivity index (χ4n) is 3.45. The zero-order chi connectivity index (χ0) is 21.0. The van der Waals surface area contributed by atoms with Crippen LogP contribution in [0.1, 0.15) is 25.2 Å². The Morgan fingerprint density at radius 2 is 2.03 bits per heavy atom. The van der Waals surface area contributed by atoms with E-state index in [9.17, 15) is 14.7 Å². The Hall–Kier alpha value is -2.29. The molecular formula is C21H27N3O4S. The van der Waals surface area contributed by atoms with E-state index >= 15 is 0 Å². The van der Waals surface area contributed by atoms with Gasteiger partial charge in [-0.1, -0.05) is 30.3 Å². The first-order chi connectivity index (χ1) is 13.8. The van der Waals surface area contributed by atoms with E-state index in [4.69, 9.17) is 10.2 Å². The van der Waals surface area contributed by atoms with Gasteiger partial charge in [0.05, 0.1) is 18.7 Å². The predicted octanol–water partition coefficient (Wildman–Crippen LogP) is 1.51. The van der Waals surface area contributed by atoms with Crippen molar-refractivity contribution in [2.24, 2.45) is 5.73 Å². The fraction of sp³-hybridized carbons (Fsp3) is 0.429. The second-order valence-electron chi connectivity index (χ2n) is 7.68. The van der Waals surface area contributed by atoms with Gasteiger partial charge >= 0.3 is 0 Å². The molecule has 0 radical (unpaired) electrons. The zero-order valence-corrected chi connectivity index (χ0v) is 17.4. The molecule has 8 heteroatoms. The molecule has 1 aromatic heterocycles. The largest absolute Gasteiger partial charge is 0.467 e. The monoisotopic (exact) mass is 417 g/mol. The summed E-state index contributed by atoms with van der Waals surface area (Å²) in [5.74, 6) is 0.141. The Morgan fingerprint density at radius 3 is 2.69 bits per heavy atom. The molecule has 4 N–H and O–H groups in total. The highest BCUT2D eigenvalue weighted by Gasteiger charge is 2.49. The third-order valence-corrected chi connectivity index (χ3v) is 6.44. The van der Waals surface area contributed by atoms with Crippen molar-refractivity contribution in [2.75, 3.05) is 5.88 Å². The van der Waals surface area contributed by atoms with Crippen molar-refractivity contribution in [1.29, 1.82) is 0 Å². The summed E-state index contributed by atoms with van der Waals surface area (Å²) in [5, 5.41) is 13.4. The maximum absolute atomic E-state index is 13.0. The number of rotatable bonds is 7. The summed E-state index contributed by atoms with van der Waals surface area (Å²) in [4.78, 5) is 27.3. The predicted molar refractivity (Wildman–Crippen MR) is 112 cm³/mol.